The van der Waals surface area contributed by atoms with Crippen LogP contribution in [0.2, 0.25) is 0 Å². The lowest BCUT2D eigenvalue weighted by atomic mass is 9.63. The van der Waals surface area contributed by atoms with Gasteiger partial charge in [0.05, 0.1) is 22.1 Å². The van der Waals surface area contributed by atoms with E-state index in [1.54, 1.807) is 0 Å². The minimum Gasteiger partial charge on any atom is -0.309 e. The Morgan fingerprint density at radius 2 is 0.891 bits per heavy atom. The van der Waals surface area contributed by atoms with Crippen LogP contribution in [0, 0.1) is 0 Å². The van der Waals surface area contributed by atoms with Gasteiger partial charge in [-0.25, -0.2) is 4.98 Å². The van der Waals surface area contributed by atoms with Gasteiger partial charge in [0.1, 0.15) is 0 Å². The molecule has 3 heterocycles. The Hall–Kier alpha value is -7.63. The fraction of sp³-hybridized carbons (Fsp3) is 0.136. The summed E-state index contributed by atoms with van der Waals surface area (Å²) < 4.78 is 4.74. The molecule has 0 aliphatic heterocycles. The zero-order valence-corrected chi connectivity index (χ0v) is 36.4. The fourth-order valence-corrected chi connectivity index (χ4v) is 10.8. The smallest absolute Gasteiger partial charge is 0.238 e. The molecule has 1 aliphatic carbocycles. The molecule has 5 heteroatoms. The first-order valence-electron chi connectivity index (χ1n) is 22.5. The van der Waals surface area contributed by atoms with Gasteiger partial charge in [-0.2, -0.15) is 9.97 Å². The molecule has 5 nitrogen and oxygen atoms in total. The first-order chi connectivity index (χ1) is 31.2. The zero-order chi connectivity index (χ0) is 42.9. The summed E-state index contributed by atoms with van der Waals surface area (Å²) >= 11 is 0. The number of rotatable bonds is 4. The molecule has 306 valence electrons. The van der Waals surface area contributed by atoms with Crippen LogP contribution in [0.4, 0.5) is 0 Å². The lowest BCUT2D eigenvalue weighted by Gasteiger charge is -2.42. The Bertz CT molecular complexity index is 3910. The van der Waals surface area contributed by atoms with Crippen LogP contribution in [0.3, 0.4) is 0 Å². The predicted molar refractivity (Wildman–Crippen MR) is 267 cm³/mol. The van der Waals surface area contributed by atoms with Crippen LogP contribution in [0.25, 0.3) is 110 Å². The molecule has 0 radical (unpaired) electrons. The number of nitrogens with zero attached hydrogens (tertiary/aromatic N) is 5. The molecule has 0 fully saturated rings. The third kappa shape index (κ3) is 5.53. The number of benzene rings is 9. The van der Waals surface area contributed by atoms with Gasteiger partial charge in [-0.1, -0.05) is 149 Å². The molecule has 0 N–H and O–H groups in total. The van der Waals surface area contributed by atoms with Crippen molar-refractivity contribution in [2.75, 3.05) is 0 Å². The molecule has 0 saturated heterocycles. The first kappa shape index (κ1) is 37.0. The minimum absolute atomic E-state index is 0.0759. The number of fused-ring (bicyclic) bond motifs is 11. The second kappa shape index (κ2) is 13.4. The van der Waals surface area contributed by atoms with Gasteiger partial charge >= 0.3 is 0 Å². The maximum atomic E-state index is 5.42. The van der Waals surface area contributed by atoms with E-state index < -0.39 is 0 Å². The largest absolute Gasteiger partial charge is 0.309 e. The highest BCUT2D eigenvalue weighted by Gasteiger charge is 2.38. The Morgan fingerprint density at radius 1 is 0.359 bits per heavy atom. The highest BCUT2D eigenvalue weighted by atomic mass is 15.2. The van der Waals surface area contributed by atoms with Gasteiger partial charge in [0, 0.05) is 38.4 Å². The van der Waals surface area contributed by atoms with Crippen LogP contribution in [0.1, 0.15) is 51.7 Å². The molecular formula is C59H45N5. The summed E-state index contributed by atoms with van der Waals surface area (Å²) in [7, 11) is 0. The van der Waals surface area contributed by atoms with Gasteiger partial charge in [-0.15, -0.1) is 0 Å². The highest BCUT2D eigenvalue weighted by molar-refractivity contribution is 6.19. The van der Waals surface area contributed by atoms with E-state index in [0.29, 0.717) is 17.6 Å². The summed E-state index contributed by atoms with van der Waals surface area (Å²) in [5.74, 6) is 1.84. The lowest BCUT2D eigenvalue weighted by molar-refractivity contribution is 0.332. The summed E-state index contributed by atoms with van der Waals surface area (Å²) in [4.78, 5) is 16.1. The normalized spacial score (nSPS) is 14.7. The Morgan fingerprint density at radius 3 is 1.67 bits per heavy atom. The van der Waals surface area contributed by atoms with Crippen molar-refractivity contribution in [2.24, 2.45) is 0 Å². The van der Waals surface area contributed by atoms with Crippen molar-refractivity contribution in [1.82, 2.24) is 24.1 Å². The Balaban J connectivity index is 1.11. The van der Waals surface area contributed by atoms with E-state index >= 15 is 0 Å². The Kier molecular flexibility index (Phi) is 7.76. The van der Waals surface area contributed by atoms with Crippen molar-refractivity contribution in [3.8, 4) is 34.4 Å². The maximum absolute atomic E-state index is 5.42. The molecule has 0 bridgehead atoms. The zero-order valence-electron chi connectivity index (χ0n) is 36.4. The van der Waals surface area contributed by atoms with Gasteiger partial charge in [-0.3, -0.25) is 4.57 Å². The average molecular weight is 824 g/mol. The minimum atomic E-state index is 0.0759. The van der Waals surface area contributed by atoms with Crippen LogP contribution < -0.4 is 0 Å². The topological polar surface area (TPSA) is 48.5 Å². The Labute approximate surface area is 371 Å². The van der Waals surface area contributed by atoms with Gasteiger partial charge < -0.3 is 4.57 Å². The summed E-state index contributed by atoms with van der Waals surface area (Å²) in [5, 5.41) is 12.0. The molecule has 0 amide bonds. The van der Waals surface area contributed by atoms with Crippen molar-refractivity contribution in [2.45, 2.75) is 51.4 Å². The predicted octanol–water partition coefficient (Wildman–Crippen LogP) is 15.2. The highest BCUT2D eigenvalue weighted by Crippen LogP contribution is 2.49. The molecule has 13 rings (SSSR count). The van der Waals surface area contributed by atoms with Crippen molar-refractivity contribution in [3.63, 3.8) is 0 Å². The molecular weight excluding hydrogens is 779 g/mol. The molecule has 64 heavy (non-hydrogen) atoms. The van der Waals surface area contributed by atoms with Crippen molar-refractivity contribution >= 4 is 75.9 Å². The molecule has 0 atom stereocenters. The molecule has 3 aromatic heterocycles. The molecule has 0 unspecified atom stereocenters. The first-order valence-corrected chi connectivity index (χ1v) is 22.5. The van der Waals surface area contributed by atoms with Gasteiger partial charge in [0.2, 0.25) is 5.95 Å². The second-order valence-corrected chi connectivity index (χ2v) is 19.2. The van der Waals surface area contributed by atoms with Crippen molar-refractivity contribution < 1.29 is 0 Å². The molecule has 0 saturated carbocycles. The van der Waals surface area contributed by atoms with Crippen LogP contribution >= 0.6 is 0 Å². The van der Waals surface area contributed by atoms with E-state index in [9.17, 15) is 0 Å². The van der Waals surface area contributed by atoms with Gasteiger partial charge in [-0.05, 0) is 122 Å². The molecule has 9 aromatic carbocycles. The SMILES string of the molecule is CC1(C)CCC(C)(C)c2cc3c(cc21)c1cc2c4ccccc4n(-c4nc(-c5ccc6ccccc6c5)nc(-c5ccc6c(ccc7ccccc76)c5)n4)c2cc1n3-c1ccccc1. The lowest BCUT2D eigenvalue weighted by Crippen LogP contribution is -2.33. The number of hydrogen-bond acceptors (Lipinski definition) is 3. The third-order valence-electron chi connectivity index (χ3n) is 14.4. The summed E-state index contributed by atoms with van der Waals surface area (Å²) in [6.45, 7) is 9.68. The second-order valence-electron chi connectivity index (χ2n) is 19.2. The van der Waals surface area contributed by atoms with E-state index in [2.05, 4.69) is 213 Å². The van der Waals surface area contributed by atoms with Crippen LogP contribution in [0.5, 0.6) is 0 Å². The molecule has 12 aromatic rings. The van der Waals surface area contributed by atoms with E-state index in [-0.39, 0.29) is 10.8 Å². The fourth-order valence-electron chi connectivity index (χ4n) is 10.8. The summed E-state index contributed by atoms with van der Waals surface area (Å²) in [6, 6.07) is 63.9. The summed E-state index contributed by atoms with van der Waals surface area (Å²) in [5.41, 5.74) is 10.6. The van der Waals surface area contributed by atoms with Crippen molar-refractivity contribution in [1.29, 1.82) is 0 Å². The van der Waals surface area contributed by atoms with E-state index in [1.807, 2.05) is 0 Å². The van der Waals surface area contributed by atoms with E-state index in [1.165, 1.54) is 60.8 Å². The van der Waals surface area contributed by atoms with E-state index in [0.717, 1.165) is 55.9 Å². The van der Waals surface area contributed by atoms with Crippen molar-refractivity contribution in [3.05, 3.63) is 187 Å². The van der Waals surface area contributed by atoms with Crippen LogP contribution in [-0.4, -0.2) is 24.1 Å². The number of hydrogen-bond donors (Lipinski definition) is 0. The number of para-hydroxylation sites is 2. The van der Waals surface area contributed by atoms with E-state index in [4.69, 9.17) is 15.0 Å². The van der Waals surface area contributed by atoms with Crippen LogP contribution in [0.15, 0.2) is 176 Å². The average Bonchev–Trinajstić information content (AvgIpc) is 3.83. The molecule has 0 spiro atoms. The standard InChI is InChI=1S/C59H45N5/c1-58(2)28-29-59(3,4)50-34-52-48(33-49(50)58)47-32-46-45-20-12-13-21-51(45)64(54(46)35-53(47)63(52)42-17-6-5-7-18-42)57-61-55(40-25-22-36-14-8-9-16-38(36)30-40)60-56(62-57)41-26-27-44-39(31-41)24-23-37-15-10-11-19-43(37)44/h5-27,30-35H,28-29H2,1-4H3. The van der Waals surface area contributed by atoms with Crippen LogP contribution in [-0.2, 0) is 10.8 Å². The maximum Gasteiger partial charge on any atom is 0.238 e. The third-order valence-corrected chi connectivity index (χ3v) is 14.4. The quantitative estimate of drug-likeness (QED) is 0.166. The van der Waals surface area contributed by atoms with Gasteiger partial charge in [0.25, 0.3) is 0 Å². The monoisotopic (exact) mass is 823 g/mol. The molecule has 1 aliphatic rings. The van der Waals surface area contributed by atoms with Gasteiger partial charge in [0.15, 0.2) is 11.6 Å². The number of aromatic nitrogens is 5. The summed E-state index contributed by atoms with van der Waals surface area (Å²) in [6.07, 6.45) is 2.33.